The summed E-state index contributed by atoms with van der Waals surface area (Å²) in [6.07, 6.45) is 1.42. The molecule has 50 valence electrons. The van der Waals surface area contributed by atoms with Crippen LogP contribution in [0.1, 0.15) is 0 Å². The van der Waals surface area contributed by atoms with Gasteiger partial charge in [-0.05, 0) is 0 Å². The van der Waals surface area contributed by atoms with Crippen LogP contribution in [0.2, 0.25) is 0 Å². The lowest BCUT2D eigenvalue weighted by molar-refractivity contribution is 0.566. The summed E-state index contributed by atoms with van der Waals surface area (Å²) in [5.41, 5.74) is 4.85. The Hall–Kier alpha value is -1.13. The van der Waals surface area contributed by atoms with E-state index in [2.05, 4.69) is 4.40 Å². The summed E-state index contributed by atoms with van der Waals surface area (Å²) in [5.74, 6) is -0.377. The van der Waals surface area contributed by atoms with Crippen molar-refractivity contribution in [2.75, 3.05) is 0 Å². The Morgan fingerprint density at radius 2 is 2.56 bits per heavy atom. The van der Waals surface area contributed by atoms with E-state index in [1.165, 1.54) is 6.19 Å². The van der Waals surface area contributed by atoms with Gasteiger partial charge in [0.1, 0.15) is 0 Å². The van der Waals surface area contributed by atoms with Crippen LogP contribution in [0.3, 0.4) is 0 Å². The van der Waals surface area contributed by atoms with Gasteiger partial charge in [0.2, 0.25) is 5.96 Å². The number of hydrogen-bond acceptors (Lipinski definition) is 2. The normalized spacial score (nSPS) is 14.0. The van der Waals surface area contributed by atoms with Crippen LogP contribution in [0.5, 0.6) is 0 Å². The van der Waals surface area contributed by atoms with Gasteiger partial charge in [0.15, 0.2) is 6.19 Å². The fraction of sp³-hybridized carbons (Fsp3) is 0. The lowest BCUT2D eigenvalue weighted by Gasteiger charge is -1.88. The zero-order valence-corrected chi connectivity index (χ0v) is 5.05. The lowest BCUT2D eigenvalue weighted by Crippen LogP contribution is -2.27. The molecule has 0 aliphatic carbocycles. The predicted octanol–water partition coefficient (Wildman–Crippen LogP) is -1.49. The first kappa shape index (κ1) is 7.87. The van der Waals surface area contributed by atoms with E-state index < -0.39 is 11.3 Å². The highest BCUT2D eigenvalue weighted by molar-refractivity contribution is 7.78. The van der Waals surface area contributed by atoms with Crippen molar-refractivity contribution in [2.45, 2.75) is 0 Å². The summed E-state index contributed by atoms with van der Waals surface area (Å²) < 4.78 is 20.6. The Kier molecular flexibility index (Phi) is 3.34. The van der Waals surface area contributed by atoms with Crippen molar-refractivity contribution >= 4 is 17.2 Å². The second kappa shape index (κ2) is 3.82. The van der Waals surface area contributed by atoms with Crippen LogP contribution >= 0.6 is 0 Å². The average Bonchev–Trinajstić information content (AvgIpc) is 1.63. The van der Waals surface area contributed by atoms with Gasteiger partial charge < -0.3 is 5.73 Å². The first-order chi connectivity index (χ1) is 4.16. The molecule has 0 heterocycles. The second-order valence-corrected chi connectivity index (χ2v) is 1.59. The van der Waals surface area contributed by atoms with Crippen molar-refractivity contribution < 1.29 is 8.76 Å². The molecule has 0 amide bonds. The highest BCUT2D eigenvalue weighted by atomic mass is 32.2. The summed E-state index contributed by atoms with van der Waals surface area (Å²) in [7, 11) is 0. The minimum Gasteiger partial charge on any atom is -0.368 e. The molecule has 0 bridgehead atoms. The Morgan fingerprint density at radius 1 is 2.00 bits per heavy atom. The number of guanidine groups is 1. The quantitative estimate of drug-likeness (QED) is 0.138. The molecule has 0 rings (SSSR count). The molecule has 0 fully saturated rings. The van der Waals surface area contributed by atoms with E-state index >= 15 is 0 Å². The van der Waals surface area contributed by atoms with E-state index in [-0.39, 0.29) is 5.96 Å². The van der Waals surface area contributed by atoms with Gasteiger partial charge in [-0.15, -0.1) is 4.40 Å². The van der Waals surface area contributed by atoms with E-state index in [1.54, 1.807) is 0 Å². The van der Waals surface area contributed by atoms with Crippen LogP contribution in [-0.2, 0) is 11.3 Å². The minimum atomic E-state index is -2.35. The Balaban J connectivity index is 3.88. The monoisotopic (exact) mass is 148 g/mol. The zero-order valence-electron chi connectivity index (χ0n) is 4.24. The number of rotatable bonds is 1. The van der Waals surface area contributed by atoms with Gasteiger partial charge in [0.25, 0.3) is 11.3 Å². The number of hydrogen-bond donors (Lipinski definition) is 3. The molecular weight excluding hydrogens is 144 g/mol. The fourth-order valence-electron chi connectivity index (χ4n) is 0.164. The number of nitriles is 1. The first-order valence-corrected chi connectivity index (χ1v) is 2.83. The molecule has 0 aromatic carbocycles. The topological polar surface area (TPSA) is 112 Å². The summed E-state index contributed by atoms with van der Waals surface area (Å²) in [4.78, 5) is 0. The van der Waals surface area contributed by atoms with Crippen molar-refractivity contribution in [2.24, 2.45) is 10.1 Å². The molecule has 0 aromatic rings. The summed E-state index contributed by atoms with van der Waals surface area (Å²) in [5, 5.41) is 9.70. The van der Waals surface area contributed by atoms with Gasteiger partial charge in [-0.25, -0.2) is 4.21 Å². The largest absolute Gasteiger partial charge is 0.368 e. The molecule has 0 spiro atoms. The molecule has 0 radical (unpaired) electrons. The van der Waals surface area contributed by atoms with Crippen molar-refractivity contribution in [1.29, 1.82) is 5.26 Å². The predicted molar refractivity (Wildman–Crippen MR) is 31.1 cm³/mol. The number of nitrogens with zero attached hydrogens (tertiary/aromatic N) is 2. The second-order valence-electron chi connectivity index (χ2n) is 0.944. The molecule has 9 heavy (non-hydrogen) atoms. The van der Waals surface area contributed by atoms with E-state index in [1.807, 2.05) is 5.32 Å². The van der Waals surface area contributed by atoms with Gasteiger partial charge in [0, 0.05) is 0 Å². The summed E-state index contributed by atoms with van der Waals surface area (Å²) in [6, 6.07) is 0. The third kappa shape index (κ3) is 4.73. The fourth-order valence-corrected chi connectivity index (χ4v) is 0.378. The van der Waals surface area contributed by atoms with Gasteiger partial charge >= 0.3 is 0 Å². The number of nitrogens with two attached hydrogens (primary N) is 1. The van der Waals surface area contributed by atoms with Gasteiger partial charge in [-0.1, -0.05) is 0 Å². The molecule has 0 aliphatic heterocycles. The minimum absolute atomic E-state index is 0.377. The maximum Gasteiger partial charge on any atom is 0.285 e. The smallest absolute Gasteiger partial charge is 0.285 e. The summed E-state index contributed by atoms with van der Waals surface area (Å²) >= 11 is -2.35. The Bertz CT molecular complexity index is 181. The summed E-state index contributed by atoms with van der Waals surface area (Å²) in [6.45, 7) is 0. The van der Waals surface area contributed by atoms with Gasteiger partial charge in [-0.2, -0.15) is 5.26 Å². The molecule has 1 unspecified atom stereocenters. The van der Waals surface area contributed by atoms with Crippen LogP contribution in [-0.4, -0.2) is 14.7 Å². The molecule has 0 saturated carbocycles. The molecule has 0 aliphatic rings. The maximum absolute atomic E-state index is 9.78. The zero-order chi connectivity index (χ0) is 7.28. The third-order valence-corrected chi connectivity index (χ3v) is 0.713. The van der Waals surface area contributed by atoms with Crippen molar-refractivity contribution in [3.63, 3.8) is 0 Å². The van der Waals surface area contributed by atoms with Crippen LogP contribution in [0, 0.1) is 11.5 Å². The van der Waals surface area contributed by atoms with E-state index in [4.69, 9.17) is 15.5 Å². The molecule has 6 nitrogen and oxygen atoms in total. The first-order valence-electron chi connectivity index (χ1n) is 1.77. The molecule has 0 aromatic heterocycles. The van der Waals surface area contributed by atoms with Crippen LogP contribution in [0.15, 0.2) is 4.40 Å². The van der Waals surface area contributed by atoms with Gasteiger partial charge in [-0.3, -0.25) is 9.87 Å². The van der Waals surface area contributed by atoms with Crippen molar-refractivity contribution in [1.82, 2.24) is 5.32 Å². The van der Waals surface area contributed by atoms with Crippen LogP contribution in [0.4, 0.5) is 0 Å². The Morgan fingerprint density at radius 3 is 2.89 bits per heavy atom. The lowest BCUT2D eigenvalue weighted by atomic mass is 11.0. The molecule has 4 N–H and O–H groups in total. The highest BCUT2D eigenvalue weighted by Crippen LogP contribution is 1.71. The number of nitrogens with one attached hydrogen (secondary N) is 1. The maximum atomic E-state index is 9.78. The SMILES string of the molecule is N#CNC(N)=NS(=O)O. The molecule has 1 atom stereocenters. The van der Waals surface area contributed by atoms with Gasteiger partial charge in [0.05, 0.1) is 0 Å². The molecular formula is C2H4N4O2S. The van der Waals surface area contributed by atoms with Crippen molar-refractivity contribution in [3.8, 4) is 6.19 Å². The Labute approximate surface area is 53.8 Å². The molecule has 0 saturated heterocycles. The average molecular weight is 148 g/mol. The van der Waals surface area contributed by atoms with E-state index in [9.17, 15) is 4.21 Å². The van der Waals surface area contributed by atoms with Crippen LogP contribution < -0.4 is 11.1 Å². The van der Waals surface area contributed by atoms with Crippen molar-refractivity contribution in [3.05, 3.63) is 0 Å². The molecule has 7 heteroatoms. The standard InChI is InChI=1S/C2H4N4O2S/c3-1-5-2(4)6-9(7)8/h(H,7,8)(H3,4,5,6). The van der Waals surface area contributed by atoms with Crippen LogP contribution in [0.25, 0.3) is 0 Å². The highest BCUT2D eigenvalue weighted by Gasteiger charge is 1.89. The van der Waals surface area contributed by atoms with E-state index in [0.717, 1.165) is 0 Å². The van der Waals surface area contributed by atoms with E-state index in [0.29, 0.717) is 0 Å². The third-order valence-electron chi connectivity index (χ3n) is 0.360.